The summed E-state index contributed by atoms with van der Waals surface area (Å²) in [6.45, 7) is 3.81. The van der Waals surface area contributed by atoms with Crippen LogP contribution in [-0.2, 0) is 17.4 Å². The fourth-order valence-corrected chi connectivity index (χ4v) is 3.67. The van der Waals surface area contributed by atoms with Gasteiger partial charge in [0.2, 0.25) is 0 Å². The van der Waals surface area contributed by atoms with Crippen molar-refractivity contribution in [1.82, 2.24) is 15.2 Å². The fourth-order valence-electron chi connectivity index (χ4n) is 3.67. The summed E-state index contributed by atoms with van der Waals surface area (Å²) >= 11 is 0. The van der Waals surface area contributed by atoms with E-state index in [1.54, 1.807) is 23.0 Å². The number of hydrazone groups is 1. The Labute approximate surface area is 157 Å². The molecule has 6 nitrogen and oxygen atoms in total. The smallest absolute Gasteiger partial charge is 0.281 e. The van der Waals surface area contributed by atoms with Crippen molar-refractivity contribution in [1.29, 1.82) is 0 Å². The van der Waals surface area contributed by atoms with Gasteiger partial charge in [0.05, 0.1) is 11.9 Å². The third-order valence-electron chi connectivity index (χ3n) is 5.18. The number of hydrogen-bond donors (Lipinski definition) is 2. The van der Waals surface area contributed by atoms with Crippen molar-refractivity contribution in [2.45, 2.75) is 19.4 Å². The van der Waals surface area contributed by atoms with Crippen molar-refractivity contribution in [2.24, 2.45) is 12.1 Å². The summed E-state index contributed by atoms with van der Waals surface area (Å²) in [7, 11) is 1.85. The van der Waals surface area contributed by atoms with E-state index in [4.69, 9.17) is 0 Å². The summed E-state index contributed by atoms with van der Waals surface area (Å²) in [5.41, 5.74) is 6.18. The van der Waals surface area contributed by atoms with Crippen molar-refractivity contribution >= 4 is 12.1 Å². The summed E-state index contributed by atoms with van der Waals surface area (Å²) in [5.74, 6) is -0.588. The van der Waals surface area contributed by atoms with Gasteiger partial charge < -0.3 is 5.11 Å². The number of carbonyl (C=O) groups excluding carboxylic acids is 1. The van der Waals surface area contributed by atoms with Crippen LogP contribution < -0.4 is 5.43 Å². The first kappa shape index (κ1) is 17.2. The number of rotatable bonds is 3. The number of amides is 1. The number of aromatic nitrogens is 2. The summed E-state index contributed by atoms with van der Waals surface area (Å²) < 4.78 is 1.76. The van der Waals surface area contributed by atoms with E-state index in [9.17, 15) is 9.90 Å². The molecule has 0 aliphatic heterocycles. The number of nitrogens with one attached hydrogen (secondary N) is 1. The molecule has 0 saturated carbocycles. The predicted molar refractivity (Wildman–Crippen MR) is 103 cm³/mol. The number of aliphatic hydroxyl groups is 1. The highest BCUT2D eigenvalue weighted by atomic mass is 16.3. The minimum atomic E-state index is -1.77. The SMILES string of the molecule is Cc1nn(C)c(C)c1/C=N\NC(=O)C1(O)c2ccccc2-c2ccccc21. The standard InChI is InChI=1S/C21H20N4O2/c1-13-17(14(2)25(3)24-13)12-22-23-20(26)21(27)18-10-6-4-8-15(18)16-9-5-7-11-19(16)21/h4-12,27H,1-3H3,(H,23,26)/b22-12-. The van der Waals surface area contributed by atoms with Crippen LogP contribution >= 0.6 is 0 Å². The molecular formula is C21H20N4O2. The van der Waals surface area contributed by atoms with Crippen LogP contribution in [0.5, 0.6) is 0 Å². The molecule has 27 heavy (non-hydrogen) atoms. The van der Waals surface area contributed by atoms with E-state index in [1.165, 1.54) is 0 Å². The Balaban J connectivity index is 1.68. The second kappa shape index (κ2) is 6.17. The lowest BCUT2D eigenvalue weighted by atomic mass is 9.91. The van der Waals surface area contributed by atoms with E-state index < -0.39 is 11.5 Å². The average molecular weight is 360 g/mol. The van der Waals surface area contributed by atoms with Crippen molar-refractivity contribution < 1.29 is 9.90 Å². The predicted octanol–water partition coefficient (Wildman–Crippen LogP) is 2.40. The quantitative estimate of drug-likeness (QED) is 0.556. The summed E-state index contributed by atoms with van der Waals surface area (Å²) in [6.07, 6.45) is 1.56. The molecule has 4 rings (SSSR count). The normalized spacial score (nSPS) is 14.2. The van der Waals surface area contributed by atoms with Crippen LogP contribution in [-0.4, -0.2) is 27.0 Å². The Bertz CT molecular complexity index is 1040. The van der Waals surface area contributed by atoms with E-state index in [2.05, 4.69) is 15.6 Å². The maximum absolute atomic E-state index is 13.0. The van der Waals surface area contributed by atoms with Gasteiger partial charge >= 0.3 is 0 Å². The van der Waals surface area contributed by atoms with Gasteiger partial charge in [0.25, 0.3) is 5.91 Å². The highest BCUT2D eigenvalue weighted by Gasteiger charge is 2.47. The lowest BCUT2D eigenvalue weighted by Crippen LogP contribution is -2.42. The molecule has 1 heterocycles. The minimum Gasteiger partial charge on any atom is -0.372 e. The third kappa shape index (κ3) is 2.49. The Morgan fingerprint density at radius 1 is 1.11 bits per heavy atom. The van der Waals surface area contributed by atoms with Gasteiger partial charge in [0, 0.05) is 29.4 Å². The van der Waals surface area contributed by atoms with E-state index >= 15 is 0 Å². The van der Waals surface area contributed by atoms with Crippen molar-refractivity contribution in [2.75, 3.05) is 0 Å². The molecule has 1 aromatic heterocycles. The zero-order valence-corrected chi connectivity index (χ0v) is 15.4. The molecule has 2 N–H and O–H groups in total. The van der Waals surface area contributed by atoms with Crippen LogP contribution in [0, 0.1) is 13.8 Å². The maximum Gasteiger partial charge on any atom is 0.281 e. The third-order valence-corrected chi connectivity index (χ3v) is 5.18. The Morgan fingerprint density at radius 3 is 2.19 bits per heavy atom. The Hall–Kier alpha value is -3.25. The number of carbonyl (C=O) groups is 1. The molecule has 1 amide bonds. The number of nitrogens with zero attached hydrogens (tertiary/aromatic N) is 3. The van der Waals surface area contributed by atoms with Crippen LogP contribution in [0.25, 0.3) is 11.1 Å². The Kier molecular flexibility index (Phi) is 3.93. The molecule has 1 aliphatic rings. The summed E-state index contributed by atoms with van der Waals surface area (Å²) in [5, 5.41) is 19.8. The molecule has 0 unspecified atom stereocenters. The number of hydrogen-bond acceptors (Lipinski definition) is 4. The van der Waals surface area contributed by atoms with Crippen molar-refractivity contribution in [3.63, 3.8) is 0 Å². The lowest BCUT2D eigenvalue weighted by Gasteiger charge is -2.23. The highest BCUT2D eigenvalue weighted by Crippen LogP contribution is 2.47. The zero-order chi connectivity index (χ0) is 19.2. The molecule has 0 radical (unpaired) electrons. The molecule has 3 aromatic rings. The molecule has 2 aromatic carbocycles. The van der Waals surface area contributed by atoms with Gasteiger partial charge in [-0.05, 0) is 25.0 Å². The van der Waals surface area contributed by atoms with E-state index in [1.807, 2.05) is 57.3 Å². The first-order chi connectivity index (χ1) is 12.9. The molecule has 6 heteroatoms. The molecular weight excluding hydrogens is 340 g/mol. The Morgan fingerprint density at radius 2 is 1.67 bits per heavy atom. The summed E-state index contributed by atoms with van der Waals surface area (Å²) in [4.78, 5) is 13.0. The average Bonchev–Trinajstić information content (AvgIpc) is 3.08. The van der Waals surface area contributed by atoms with Gasteiger partial charge in [-0.2, -0.15) is 10.2 Å². The van der Waals surface area contributed by atoms with Crippen LogP contribution in [0.4, 0.5) is 0 Å². The van der Waals surface area contributed by atoms with E-state index in [-0.39, 0.29) is 0 Å². The topological polar surface area (TPSA) is 79.5 Å². The zero-order valence-electron chi connectivity index (χ0n) is 15.4. The first-order valence-corrected chi connectivity index (χ1v) is 8.70. The number of aryl methyl sites for hydroxylation is 2. The van der Waals surface area contributed by atoms with Crippen molar-refractivity contribution in [3.05, 3.63) is 76.6 Å². The van der Waals surface area contributed by atoms with Crippen LogP contribution in [0.2, 0.25) is 0 Å². The largest absolute Gasteiger partial charge is 0.372 e. The van der Waals surface area contributed by atoms with Gasteiger partial charge in [-0.3, -0.25) is 9.48 Å². The van der Waals surface area contributed by atoms with Gasteiger partial charge in [-0.15, -0.1) is 0 Å². The number of benzene rings is 2. The number of fused-ring (bicyclic) bond motifs is 3. The molecule has 0 spiro atoms. The van der Waals surface area contributed by atoms with Gasteiger partial charge in [0.15, 0.2) is 5.60 Å². The van der Waals surface area contributed by atoms with Gasteiger partial charge in [0.1, 0.15) is 0 Å². The van der Waals surface area contributed by atoms with Gasteiger partial charge in [-0.25, -0.2) is 5.43 Å². The monoisotopic (exact) mass is 360 g/mol. The second-order valence-corrected chi connectivity index (χ2v) is 6.71. The lowest BCUT2D eigenvalue weighted by molar-refractivity contribution is -0.136. The molecule has 1 aliphatic carbocycles. The van der Waals surface area contributed by atoms with Crippen molar-refractivity contribution in [3.8, 4) is 11.1 Å². The first-order valence-electron chi connectivity index (χ1n) is 8.70. The van der Waals surface area contributed by atoms with Crippen LogP contribution in [0.1, 0.15) is 28.1 Å². The molecule has 136 valence electrons. The molecule has 0 atom stereocenters. The van der Waals surface area contributed by atoms with E-state index in [0.29, 0.717) is 11.1 Å². The fraction of sp³-hybridized carbons (Fsp3) is 0.190. The van der Waals surface area contributed by atoms with E-state index in [0.717, 1.165) is 28.1 Å². The molecule has 0 saturated heterocycles. The minimum absolute atomic E-state index is 0.563. The van der Waals surface area contributed by atoms with Gasteiger partial charge in [-0.1, -0.05) is 48.5 Å². The maximum atomic E-state index is 13.0. The molecule has 0 bridgehead atoms. The second-order valence-electron chi connectivity index (χ2n) is 6.71. The highest BCUT2D eigenvalue weighted by molar-refractivity contribution is 5.99. The van der Waals surface area contributed by atoms with Crippen LogP contribution in [0.15, 0.2) is 53.6 Å². The molecule has 0 fully saturated rings. The van der Waals surface area contributed by atoms with Crippen LogP contribution in [0.3, 0.4) is 0 Å². The summed E-state index contributed by atoms with van der Waals surface area (Å²) in [6, 6.07) is 14.8.